The van der Waals surface area contributed by atoms with Gasteiger partial charge in [0.1, 0.15) is 5.82 Å². The van der Waals surface area contributed by atoms with E-state index in [-0.39, 0.29) is 24.1 Å². The maximum atomic E-state index is 13.0. The lowest BCUT2D eigenvalue weighted by Crippen LogP contribution is -2.51. The minimum Gasteiger partial charge on any atom is -0.339 e. The third-order valence-electron chi connectivity index (χ3n) is 4.60. The molecule has 2 aromatic rings. The van der Waals surface area contributed by atoms with Crippen molar-refractivity contribution >= 4 is 27.5 Å². The maximum Gasteiger partial charge on any atom is 0.254 e. The lowest BCUT2D eigenvalue weighted by Gasteiger charge is -2.35. The molecule has 0 saturated carbocycles. The number of amides is 2. The van der Waals surface area contributed by atoms with Gasteiger partial charge in [0.25, 0.3) is 5.91 Å². The van der Waals surface area contributed by atoms with Crippen LogP contribution in [0.3, 0.4) is 0 Å². The standard InChI is InChI=1S/C20H22FN3O4S/c1-29(27,28)22-18-4-2-3-16(14-18)20(26)24-11-9-23(10-12-24)19(25)13-15-5-7-17(21)8-6-15/h2-8,14,22H,9-13H2,1H3. The van der Waals surface area contributed by atoms with Crippen molar-refractivity contribution in [1.29, 1.82) is 0 Å². The Morgan fingerprint density at radius 1 is 1.00 bits per heavy atom. The van der Waals surface area contributed by atoms with Gasteiger partial charge in [-0.3, -0.25) is 14.3 Å². The number of hydrogen-bond donors (Lipinski definition) is 1. The highest BCUT2D eigenvalue weighted by Gasteiger charge is 2.25. The number of rotatable bonds is 5. The molecule has 1 heterocycles. The minimum absolute atomic E-state index is 0.0666. The van der Waals surface area contributed by atoms with Crippen LogP contribution in [0.1, 0.15) is 15.9 Å². The molecular weight excluding hydrogens is 397 g/mol. The molecule has 0 bridgehead atoms. The molecule has 0 aliphatic carbocycles. The molecule has 1 fully saturated rings. The summed E-state index contributed by atoms with van der Waals surface area (Å²) in [6, 6.07) is 12.1. The maximum absolute atomic E-state index is 13.0. The zero-order valence-electron chi connectivity index (χ0n) is 16.0. The van der Waals surface area contributed by atoms with E-state index in [4.69, 9.17) is 0 Å². The monoisotopic (exact) mass is 419 g/mol. The van der Waals surface area contributed by atoms with E-state index in [1.54, 1.807) is 40.1 Å². The van der Waals surface area contributed by atoms with Crippen LogP contribution in [0, 0.1) is 5.82 Å². The van der Waals surface area contributed by atoms with Crippen LogP contribution < -0.4 is 4.72 Å². The van der Waals surface area contributed by atoms with Crippen LogP contribution in [0.2, 0.25) is 0 Å². The van der Waals surface area contributed by atoms with Crippen LogP contribution in [0.25, 0.3) is 0 Å². The lowest BCUT2D eigenvalue weighted by molar-refractivity contribution is -0.131. The average Bonchev–Trinajstić information content (AvgIpc) is 2.68. The summed E-state index contributed by atoms with van der Waals surface area (Å²) in [5.41, 5.74) is 1.45. The first-order valence-electron chi connectivity index (χ1n) is 9.10. The Hall–Kier alpha value is -2.94. The summed E-state index contributed by atoms with van der Waals surface area (Å²) in [4.78, 5) is 28.5. The van der Waals surface area contributed by atoms with Crippen LogP contribution in [0.4, 0.5) is 10.1 Å². The number of hydrogen-bond acceptors (Lipinski definition) is 4. The van der Waals surface area contributed by atoms with Gasteiger partial charge in [-0.25, -0.2) is 12.8 Å². The molecule has 0 aromatic heterocycles. The van der Waals surface area contributed by atoms with Crippen molar-refractivity contribution in [2.75, 3.05) is 37.2 Å². The van der Waals surface area contributed by atoms with E-state index in [9.17, 15) is 22.4 Å². The highest BCUT2D eigenvalue weighted by molar-refractivity contribution is 7.92. The number of nitrogens with one attached hydrogen (secondary N) is 1. The summed E-state index contributed by atoms with van der Waals surface area (Å²) in [6.07, 6.45) is 1.23. The average molecular weight is 419 g/mol. The van der Waals surface area contributed by atoms with Crippen molar-refractivity contribution in [3.63, 3.8) is 0 Å². The van der Waals surface area contributed by atoms with Gasteiger partial charge >= 0.3 is 0 Å². The first-order chi connectivity index (χ1) is 13.7. The molecule has 1 saturated heterocycles. The van der Waals surface area contributed by atoms with Crippen LogP contribution >= 0.6 is 0 Å². The molecule has 2 amide bonds. The summed E-state index contributed by atoms with van der Waals surface area (Å²) in [5, 5.41) is 0. The Kier molecular flexibility index (Phi) is 6.17. The Balaban J connectivity index is 1.57. The molecule has 1 aliphatic heterocycles. The number of piperazine rings is 1. The third-order valence-corrected chi connectivity index (χ3v) is 5.21. The van der Waals surface area contributed by atoms with E-state index < -0.39 is 10.0 Å². The molecule has 0 radical (unpaired) electrons. The van der Waals surface area contributed by atoms with Crippen molar-refractivity contribution in [2.45, 2.75) is 6.42 Å². The first kappa shape index (κ1) is 20.8. The van der Waals surface area contributed by atoms with Gasteiger partial charge in [0.05, 0.1) is 12.7 Å². The number of benzene rings is 2. The number of nitrogens with zero attached hydrogens (tertiary/aromatic N) is 2. The second-order valence-electron chi connectivity index (χ2n) is 6.93. The Labute approximate surface area is 169 Å². The largest absolute Gasteiger partial charge is 0.339 e. The van der Waals surface area contributed by atoms with E-state index in [0.29, 0.717) is 37.4 Å². The molecule has 2 aromatic carbocycles. The molecule has 7 nitrogen and oxygen atoms in total. The zero-order chi connectivity index (χ0) is 21.0. The molecule has 1 N–H and O–H groups in total. The van der Waals surface area contributed by atoms with E-state index in [0.717, 1.165) is 11.8 Å². The number of anilines is 1. The zero-order valence-corrected chi connectivity index (χ0v) is 16.8. The molecule has 3 rings (SSSR count). The van der Waals surface area contributed by atoms with Crippen LogP contribution in [0.5, 0.6) is 0 Å². The van der Waals surface area contributed by atoms with Gasteiger partial charge in [-0.05, 0) is 35.9 Å². The van der Waals surface area contributed by atoms with Gasteiger partial charge in [-0.15, -0.1) is 0 Å². The van der Waals surface area contributed by atoms with Crippen molar-refractivity contribution in [3.8, 4) is 0 Å². The fraction of sp³-hybridized carbons (Fsp3) is 0.300. The predicted molar refractivity (Wildman–Crippen MR) is 107 cm³/mol. The molecular formula is C20H22FN3O4S. The fourth-order valence-electron chi connectivity index (χ4n) is 3.16. The quantitative estimate of drug-likeness (QED) is 0.800. The molecule has 154 valence electrons. The fourth-order valence-corrected chi connectivity index (χ4v) is 3.72. The van der Waals surface area contributed by atoms with Gasteiger partial charge in [0.15, 0.2) is 0 Å². The van der Waals surface area contributed by atoms with E-state index >= 15 is 0 Å². The van der Waals surface area contributed by atoms with Crippen LogP contribution in [-0.2, 0) is 21.2 Å². The smallest absolute Gasteiger partial charge is 0.254 e. The Morgan fingerprint density at radius 3 is 2.24 bits per heavy atom. The second kappa shape index (κ2) is 8.60. The summed E-state index contributed by atoms with van der Waals surface area (Å²) < 4.78 is 38.1. The van der Waals surface area contributed by atoms with Gasteiger partial charge in [-0.1, -0.05) is 18.2 Å². The Bertz CT molecular complexity index is 1000. The topological polar surface area (TPSA) is 86.8 Å². The number of sulfonamides is 1. The van der Waals surface area contributed by atoms with E-state index in [2.05, 4.69) is 4.72 Å². The molecule has 9 heteroatoms. The van der Waals surface area contributed by atoms with Crippen molar-refractivity contribution < 1.29 is 22.4 Å². The van der Waals surface area contributed by atoms with Gasteiger partial charge in [-0.2, -0.15) is 0 Å². The summed E-state index contributed by atoms with van der Waals surface area (Å²) in [7, 11) is -3.43. The number of carbonyl (C=O) groups is 2. The van der Waals surface area contributed by atoms with Crippen molar-refractivity contribution in [2.24, 2.45) is 0 Å². The normalized spacial score (nSPS) is 14.6. The molecule has 29 heavy (non-hydrogen) atoms. The highest BCUT2D eigenvalue weighted by Crippen LogP contribution is 2.16. The van der Waals surface area contributed by atoms with Crippen LogP contribution in [0.15, 0.2) is 48.5 Å². The number of halogens is 1. The highest BCUT2D eigenvalue weighted by atomic mass is 32.2. The molecule has 0 spiro atoms. The van der Waals surface area contributed by atoms with E-state index in [1.807, 2.05) is 0 Å². The molecule has 0 atom stereocenters. The molecule has 0 unspecified atom stereocenters. The van der Waals surface area contributed by atoms with Gasteiger partial charge in [0, 0.05) is 37.4 Å². The van der Waals surface area contributed by atoms with Crippen LogP contribution in [-0.4, -0.2) is 62.5 Å². The summed E-state index contributed by atoms with van der Waals surface area (Å²) in [5.74, 6) is -0.625. The van der Waals surface area contributed by atoms with Crippen molar-refractivity contribution in [1.82, 2.24) is 9.80 Å². The van der Waals surface area contributed by atoms with E-state index in [1.165, 1.54) is 18.2 Å². The Morgan fingerprint density at radius 2 is 1.62 bits per heavy atom. The summed E-state index contributed by atoms with van der Waals surface area (Å²) >= 11 is 0. The first-order valence-corrected chi connectivity index (χ1v) is 11.0. The minimum atomic E-state index is -3.43. The second-order valence-corrected chi connectivity index (χ2v) is 8.68. The third kappa shape index (κ3) is 5.77. The SMILES string of the molecule is CS(=O)(=O)Nc1cccc(C(=O)N2CCN(C(=O)Cc3ccc(F)cc3)CC2)c1. The van der Waals surface area contributed by atoms with Gasteiger partial charge < -0.3 is 9.80 Å². The molecule has 1 aliphatic rings. The van der Waals surface area contributed by atoms with Gasteiger partial charge in [0.2, 0.25) is 15.9 Å². The summed E-state index contributed by atoms with van der Waals surface area (Å²) in [6.45, 7) is 1.59. The predicted octanol–water partition coefficient (Wildman–Crippen LogP) is 1.72. The number of carbonyl (C=O) groups excluding carboxylic acids is 2. The lowest BCUT2D eigenvalue weighted by atomic mass is 10.1. The van der Waals surface area contributed by atoms with Crippen molar-refractivity contribution in [3.05, 3.63) is 65.5 Å².